The Morgan fingerprint density at radius 3 is 2.33 bits per heavy atom. The molecular weight excluding hydrogens is 318 g/mol. The average Bonchev–Trinajstić information content (AvgIpc) is 2.54. The molecule has 24 heavy (non-hydrogen) atoms. The van der Waals surface area contributed by atoms with Crippen LogP contribution in [0.15, 0.2) is 10.2 Å². The summed E-state index contributed by atoms with van der Waals surface area (Å²) in [5.74, 6) is 0.505. The second-order valence-electron chi connectivity index (χ2n) is 7.16. The van der Waals surface area contributed by atoms with E-state index in [2.05, 4.69) is 52.0 Å². The Kier molecular flexibility index (Phi) is 13.2. The number of rotatable bonds is 13. The standard InChI is InChI=1S/C19H39N3OS/c1-7-10-11-12-13-17(6)21-22-19(9-3,15-16(4)5)20-18(24)23-14-8-2/h16-17H,7-15H2,1-6H3,(H,20,24). The fourth-order valence-corrected chi connectivity index (χ4v) is 2.92. The molecule has 5 heteroatoms. The molecule has 0 saturated carbocycles. The smallest absolute Gasteiger partial charge is 0.258 e. The number of thiocarbonyl (C=S) groups is 1. The van der Waals surface area contributed by atoms with Gasteiger partial charge in [0, 0.05) is 0 Å². The van der Waals surface area contributed by atoms with Gasteiger partial charge in [-0.2, -0.15) is 10.2 Å². The summed E-state index contributed by atoms with van der Waals surface area (Å²) in [7, 11) is 0. The van der Waals surface area contributed by atoms with Gasteiger partial charge < -0.3 is 10.1 Å². The number of ether oxygens (including phenoxy) is 1. The SMILES string of the molecule is CCCCCCC(C)N=NC(CC)(CC(C)C)NC(=S)OCCC. The van der Waals surface area contributed by atoms with Gasteiger partial charge in [0.1, 0.15) is 0 Å². The molecule has 0 aliphatic rings. The summed E-state index contributed by atoms with van der Waals surface area (Å²) in [6.07, 6.45) is 8.86. The predicted octanol–water partition coefficient (Wildman–Crippen LogP) is 6.25. The molecule has 0 fully saturated rings. The van der Waals surface area contributed by atoms with E-state index in [4.69, 9.17) is 22.1 Å². The molecule has 0 aromatic heterocycles. The van der Waals surface area contributed by atoms with E-state index in [0.29, 0.717) is 17.7 Å². The molecule has 1 N–H and O–H groups in total. The molecule has 0 bridgehead atoms. The van der Waals surface area contributed by atoms with Crippen LogP contribution in [0.2, 0.25) is 0 Å². The van der Waals surface area contributed by atoms with Crippen LogP contribution in [0.25, 0.3) is 0 Å². The summed E-state index contributed by atoms with van der Waals surface area (Å²) in [4.78, 5) is 0. The molecule has 0 aliphatic heterocycles. The van der Waals surface area contributed by atoms with Crippen molar-refractivity contribution in [1.29, 1.82) is 0 Å². The van der Waals surface area contributed by atoms with Crippen molar-refractivity contribution in [3.05, 3.63) is 0 Å². The summed E-state index contributed by atoms with van der Waals surface area (Å²) in [5, 5.41) is 13.1. The van der Waals surface area contributed by atoms with Crippen molar-refractivity contribution >= 4 is 17.4 Å². The van der Waals surface area contributed by atoms with Crippen LogP contribution in [-0.4, -0.2) is 23.5 Å². The van der Waals surface area contributed by atoms with Crippen LogP contribution in [0.5, 0.6) is 0 Å². The first kappa shape index (κ1) is 23.3. The lowest BCUT2D eigenvalue weighted by Gasteiger charge is -2.31. The Labute approximate surface area is 155 Å². The molecule has 0 radical (unpaired) electrons. The molecule has 2 unspecified atom stereocenters. The number of unbranched alkanes of at least 4 members (excludes halogenated alkanes) is 3. The highest BCUT2D eigenvalue weighted by Crippen LogP contribution is 2.24. The van der Waals surface area contributed by atoms with Crippen LogP contribution >= 0.6 is 12.2 Å². The van der Waals surface area contributed by atoms with E-state index in [9.17, 15) is 0 Å². The van der Waals surface area contributed by atoms with E-state index < -0.39 is 5.66 Å². The van der Waals surface area contributed by atoms with Gasteiger partial charge in [-0.05, 0) is 50.7 Å². The highest BCUT2D eigenvalue weighted by molar-refractivity contribution is 7.80. The average molecular weight is 358 g/mol. The minimum absolute atomic E-state index is 0.256. The van der Waals surface area contributed by atoms with Crippen LogP contribution in [0.1, 0.15) is 92.9 Å². The summed E-state index contributed by atoms with van der Waals surface area (Å²) in [6, 6.07) is 0.256. The molecule has 0 amide bonds. The van der Waals surface area contributed by atoms with Crippen LogP contribution in [0.4, 0.5) is 0 Å². The van der Waals surface area contributed by atoms with E-state index in [1.54, 1.807) is 0 Å². The molecule has 0 heterocycles. The number of hydrogen-bond acceptors (Lipinski definition) is 4. The predicted molar refractivity (Wildman–Crippen MR) is 108 cm³/mol. The lowest BCUT2D eigenvalue weighted by atomic mass is 9.95. The summed E-state index contributed by atoms with van der Waals surface area (Å²) >= 11 is 5.33. The zero-order valence-corrected chi connectivity index (χ0v) is 17.5. The molecule has 0 aromatic carbocycles. The molecule has 0 rings (SSSR count). The van der Waals surface area contributed by atoms with E-state index in [-0.39, 0.29) is 6.04 Å². The first-order valence-electron chi connectivity index (χ1n) is 9.76. The third-order valence-corrected chi connectivity index (χ3v) is 4.24. The molecule has 0 aliphatic carbocycles. The van der Waals surface area contributed by atoms with Crippen LogP contribution in [0.3, 0.4) is 0 Å². The molecule has 0 aromatic rings. The molecule has 142 valence electrons. The topological polar surface area (TPSA) is 46.0 Å². The van der Waals surface area contributed by atoms with Crippen LogP contribution in [0, 0.1) is 5.92 Å². The van der Waals surface area contributed by atoms with Gasteiger partial charge in [0.15, 0.2) is 5.66 Å². The van der Waals surface area contributed by atoms with Crippen LogP contribution in [-0.2, 0) is 4.74 Å². The Hall–Kier alpha value is -0.710. The Morgan fingerprint density at radius 1 is 1.08 bits per heavy atom. The summed E-state index contributed by atoms with van der Waals surface area (Å²) in [5.41, 5.74) is -0.448. The van der Waals surface area contributed by atoms with Gasteiger partial charge >= 0.3 is 0 Å². The molecular formula is C19H39N3OS. The highest BCUT2D eigenvalue weighted by atomic mass is 32.1. The van der Waals surface area contributed by atoms with Gasteiger partial charge in [0.2, 0.25) is 0 Å². The van der Waals surface area contributed by atoms with Gasteiger partial charge in [-0.3, -0.25) is 0 Å². The number of nitrogens with zero attached hydrogens (tertiary/aromatic N) is 2. The lowest BCUT2D eigenvalue weighted by molar-refractivity contribution is 0.241. The summed E-state index contributed by atoms with van der Waals surface area (Å²) in [6.45, 7) is 13.6. The Balaban J connectivity index is 4.78. The monoisotopic (exact) mass is 357 g/mol. The quantitative estimate of drug-likeness (QED) is 0.241. The minimum atomic E-state index is -0.448. The number of hydrogen-bond donors (Lipinski definition) is 1. The largest absolute Gasteiger partial charge is 0.471 e. The Bertz CT molecular complexity index is 361. The highest BCUT2D eigenvalue weighted by Gasteiger charge is 2.30. The van der Waals surface area contributed by atoms with Gasteiger partial charge in [0.25, 0.3) is 5.17 Å². The van der Waals surface area contributed by atoms with Gasteiger partial charge in [-0.15, -0.1) is 0 Å². The molecule has 0 spiro atoms. The van der Waals surface area contributed by atoms with Gasteiger partial charge in [-0.25, -0.2) is 0 Å². The van der Waals surface area contributed by atoms with Crippen molar-refractivity contribution in [3.8, 4) is 0 Å². The summed E-state index contributed by atoms with van der Waals surface area (Å²) < 4.78 is 5.55. The third kappa shape index (κ3) is 11.0. The second kappa shape index (κ2) is 13.6. The lowest BCUT2D eigenvalue weighted by Crippen LogP contribution is -2.47. The maximum Gasteiger partial charge on any atom is 0.258 e. The second-order valence-corrected chi connectivity index (χ2v) is 7.53. The van der Waals surface area contributed by atoms with Gasteiger partial charge in [0.05, 0.1) is 12.6 Å². The first-order chi connectivity index (χ1) is 11.4. The van der Waals surface area contributed by atoms with Gasteiger partial charge in [-0.1, -0.05) is 60.3 Å². The fraction of sp³-hybridized carbons (Fsp3) is 0.947. The minimum Gasteiger partial charge on any atom is -0.471 e. The Morgan fingerprint density at radius 2 is 1.79 bits per heavy atom. The maximum absolute atomic E-state index is 5.55. The van der Waals surface area contributed by atoms with Crippen molar-refractivity contribution in [2.24, 2.45) is 16.1 Å². The number of nitrogens with one attached hydrogen (secondary N) is 1. The molecule has 4 nitrogen and oxygen atoms in total. The van der Waals surface area contributed by atoms with Crippen molar-refractivity contribution in [1.82, 2.24) is 5.32 Å². The normalized spacial score (nSPS) is 15.5. The molecule has 2 atom stereocenters. The van der Waals surface area contributed by atoms with Crippen LogP contribution < -0.4 is 5.32 Å². The van der Waals surface area contributed by atoms with Crippen molar-refractivity contribution in [2.45, 2.75) is 105 Å². The van der Waals surface area contributed by atoms with Crippen molar-refractivity contribution in [2.75, 3.05) is 6.61 Å². The van der Waals surface area contributed by atoms with E-state index in [1.165, 1.54) is 25.7 Å². The van der Waals surface area contributed by atoms with E-state index in [1.807, 2.05) is 0 Å². The van der Waals surface area contributed by atoms with Crippen molar-refractivity contribution in [3.63, 3.8) is 0 Å². The van der Waals surface area contributed by atoms with E-state index in [0.717, 1.165) is 25.7 Å². The first-order valence-corrected chi connectivity index (χ1v) is 10.2. The number of azo groups is 1. The molecule has 0 saturated heterocycles. The maximum atomic E-state index is 5.55. The zero-order chi connectivity index (χ0) is 18.4. The van der Waals surface area contributed by atoms with Crippen molar-refractivity contribution < 1.29 is 4.74 Å². The fourth-order valence-electron chi connectivity index (χ4n) is 2.65. The zero-order valence-electron chi connectivity index (χ0n) is 16.7. The third-order valence-electron chi connectivity index (χ3n) is 4.02. The van der Waals surface area contributed by atoms with E-state index >= 15 is 0 Å².